The third kappa shape index (κ3) is 5.26. The van der Waals surface area contributed by atoms with Gasteiger partial charge in [0.2, 0.25) is 11.9 Å². The number of nitrogens with zero attached hydrogens (tertiary/aromatic N) is 3. The Balaban J connectivity index is 1.54. The van der Waals surface area contributed by atoms with Gasteiger partial charge in [-0.05, 0) is 54.3 Å². The number of hydrogen-bond donors (Lipinski definition) is 2. The summed E-state index contributed by atoms with van der Waals surface area (Å²) < 4.78 is 0. The van der Waals surface area contributed by atoms with E-state index in [9.17, 15) is 9.59 Å². The van der Waals surface area contributed by atoms with E-state index >= 15 is 0 Å². The van der Waals surface area contributed by atoms with Gasteiger partial charge in [0, 0.05) is 49.6 Å². The Labute approximate surface area is 193 Å². The average Bonchev–Trinajstić information content (AvgIpc) is 2.81. The van der Waals surface area contributed by atoms with Crippen LogP contribution in [-0.4, -0.2) is 33.1 Å². The molecule has 0 unspecified atom stereocenters. The van der Waals surface area contributed by atoms with Gasteiger partial charge in [-0.2, -0.15) is 4.98 Å². The van der Waals surface area contributed by atoms with Crippen LogP contribution >= 0.6 is 0 Å². The molecule has 0 bridgehead atoms. The second-order valence-electron chi connectivity index (χ2n) is 8.16. The van der Waals surface area contributed by atoms with E-state index in [1.165, 1.54) is 11.6 Å². The first-order valence-corrected chi connectivity index (χ1v) is 10.9. The standard InChI is InChI=1S/C26H27N5O2/c1-4-22(33)14-19-7-5-9-21(13-19)28-25-17(2)15-27-26(30-25)29-24-10-6-8-20-16-31(18(3)32)12-11-23(20)24/h4-10,13,15H,1,11-12,14,16H2,2-3H3,(H2,27,28,29,30). The van der Waals surface area contributed by atoms with Crippen molar-refractivity contribution in [3.8, 4) is 0 Å². The van der Waals surface area contributed by atoms with E-state index in [4.69, 9.17) is 0 Å². The molecule has 0 fully saturated rings. The van der Waals surface area contributed by atoms with E-state index in [1.807, 2.05) is 48.2 Å². The number of benzene rings is 2. The van der Waals surface area contributed by atoms with Crippen molar-refractivity contribution < 1.29 is 9.59 Å². The molecule has 0 spiro atoms. The average molecular weight is 442 g/mol. The molecular formula is C26H27N5O2. The molecular weight excluding hydrogens is 414 g/mol. The molecule has 4 rings (SSSR count). The lowest BCUT2D eigenvalue weighted by atomic mass is 9.97. The molecule has 3 aromatic rings. The smallest absolute Gasteiger partial charge is 0.229 e. The van der Waals surface area contributed by atoms with Crippen molar-refractivity contribution in [1.29, 1.82) is 0 Å². The van der Waals surface area contributed by atoms with Crippen LogP contribution in [0.2, 0.25) is 0 Å². The highest BCUT2D eigenvalue weighted by Gasteiger charge is 2.20. The van der Waals surface area contributed by atoms with Gasteiger partial charge in [0.05, 0.1) is 0 Å². The Morgan fingerprint density at radius 1 is 1.18 bits per heavy atom. The van der Waals surface area contributed by atoms with E-state index < -0.39 is 0 Å². The van der Waals surface area contributed by atoms with Gasteiger partial charge in [-0.1, -0.05) is 30.8 Å². The Kier molecular flexibility index (Phi) is 6.49. The van der Waals surface area contributed by atoms with Gasteiger partial charge in [-0.15, -0.1) is 0 Å². The lowest BCUT2D eigenvalue weighted by Gasteiger charge is -2.29. The fraction of sp³-hybridized carbons (Fsp3) is 0.231. The maximum Gasteiger partial charge on any atom is 0.229 e. The Hall–Kier alpha value is -4.00. The van der Waals surface area contributed by atoms with Gasteiger partial charge < -0.3 is 15.5 Å². The summed E-state index contributed by atoms with van der Waals surface area (Å²) in [6, 6.07) is 13.7. The van der Waals surface area contributed by atoms with Crippen LogP contribution in [0.25, 0.3) is 0 Å². The van der Waals surface area contributed by atoms with E-state index in [1.54, 1.807) is 13.1 Å². The number of nitrogens with one attached hydrogen (secondary N) is 2. The summed E-state index contributed by atoms with van der Waals surface area (Å²) in [6.07, 6.45) is 4.21. The maximum atomic E-state index is 11.8. The first-order valence-electron chi connectivity index (χ1n) is 10.9. The summed E-state index contributed by atoms with van der Waals surface area (Å²) in [5.74, 6) is 1.25. The van der Waals surface area contributed by atoms with Gasteiger partial charge in [0.25, 0.3) is 0 Å². The molecule has 1 aliphatic rings. The number of allylic oxidation sites excluding steroid dienone is 1. The molecule has 0 aliphatic carbocycles. The van der Waals surface area contributed by atoms with Crippen LogP contribution in [0, 0.1) is 6.92 Å². The minimum Gasteiger partial charge on any atom is -0.340 e. The summed E-state index contributed by atoms with van der Waals surface area (Å²) in [6.45, 7) is 8.40. The van der Waals surface area contributed by atoms with Gasteiger partial charge in [0.15, 0.2) is 5.78 Å². The molecule has 7 nitrogen and oxygen atoms in total. The van der Waals surface area contributed by atoms with Crippen LogP contribution in [0.1, 0.15) is 29.2 Å². The topological polar surface area (TPSA) is 87.2 Å². The Bertz CT molecular complexity index is 1220. The van der Waals surface area contributed by atoms with Crippen LogP contribution in [0.5, 0.6) is 0 Å². The first-order chi connectivity index (χ1) is 15.9. The van der Waals surface area contributed by atoms with Crippen molar-refractivity contribution in [2.45, 2.75) is 33.2 Å². The van der Waals surface area contributed by atoms with Crippen LogP contribution in [-0.2, 0) is 29.0 Å². The highest BCUT2D eigenvalue weighted by atomic mass is 16.2. The second kappa shape index (κ2) is 9.65. The van der Waals surface area contributed by atoms with Crippen molar-refractivity contribution in [2.24, 2.45) is 0 Å². The fourth-order valence-electron chi connectivity index (χ4n) is 3.91. The van der Waals surface area contributed by atoms with E-state index in [2.05, 4.69) is 33.2 Å². The monoisotopic (exact) mass is 441 g/mol. The van der Waals surface area contributed by atoms with Crippen LogP contribution in [0.3, 0.4) is 0 Å². The first kappa shape index (κ1) is 22.2. The van der Waals surface area contributed by atoms with Crippen LogP contribution in [0.15, 0.2) is 61.3 Å². The van der Waals surface area contributed by atoms with Gasteiger partial charge in [-0.3, -0.25) is 9.59 Å². The lowest BCUT2D eigenvalue weighted by Crippen LogP contribution is -2.34. The van der Waals surface area contributed by atoms with Gasteiger partial charge >= 0.3 is 0 Å². The number of anilines is 4. The molecule has 7 heteroatoms. The molecule has 1 aliphatic heterocycles. The Morgan fingerprint density at radius 2 is 2.00 bits per heavy atom. The third-order valence-electron chi connectivity index (χ3n) is 5.73. The van der Waals surface area contributed by atoms with Gasteiger partial charge in [0.1, 0.15) is 5.82 Å². The minimum atomic E-state index is -0.0190. The summed E-state index contributed by atoms with van der Waals surface area (Å²) >= 11 is 0. The third-order valence-corrected chi connectivity index (χ3v) is 5.73. The van der Waals surface area contributed by atoms with Crippen molar-refractivity contribution in [3.63, 3.8) is 0 Å². The quantitative estimate of drug-likeness (QED) is 0.526. The molecule has 2 heterocycles. The van der Waals surface area contributed by atoms with Crippen LogP contribution in [0.4, 0.5) is 23.1 Å². The molecule has 168 valence electrons. The van der Waals surface area contributed by atoms with E-state index in [0.717, 1.165) is 34.5 Å². The molecule has 0 saturated carbocycles. The SMILES string of the molecule is C=CC(=O)Cc1cccc(Nc2nc(Nc3cccc4c3CCN(C(C)=O)C4)ncc2C)c1. The second-order valence-corrected chi connectivity index (χ2v) is 8.16. The van der Waals surface area contributed by atoms with Crippen LogP contribution < -0.4 is 10.6 Å². The lowest BCUT2D eigenvalue weighted by molar-refractivity contribution is -0.129. The molecule has 2 aromatic carbocycles. The minimum absolute atomic E-state index is 0.0190. The predicted molar refractivity (Wildman–Crippen MR) is 130 cm³/mol. The number of carbonyl (C=O) groups excluding carboxylic acids is 2. The summed E-state index contributed by atoms with van der Waals surface area (Å²) in [4.78, 5) is 34.4. The predicted octanol–water partition coefficient (Wildman–Crippen LogP) is 4.47. The molecule has 2 N–H and O–H groups in total. The number of fused-ring (bicyclic) bond motifs is 1. The zero-order valence-electron chi connectivity index (χ0n) is 18.9. The molecule has 33 heavy (non-hydrogen) atoms. The largest absolute Gasteiger partial charge is 0.340 e. The van der Waals surface area contributed by atoms with Crippen molar-refractivity contribution in [3.05, 3.63) is 83.6 Å². The molecule has 0 saturated heterocycles. The number of aromatic nitrogens is 2. The molecule has 0 radical (unpaired) electrons. The molecule has 0 atom stereocenters. The zero-order valence-corrected chi connectivity index (χ0v) is 18.9. The number of carbonyl (C=O) groups is 2. The summed E-state index contributed by atoms with van der Waals surface area (Å²) in [5.41, 5.74) is 5.94. The van der Waals surface area contributed by atoms with Crippen molar-refractivity contribution in [2.75, 3.05) is 17.2 Å². The Morgan fingerprint density at radius 3 is 2.79 bits per heavy atom. The van der Waals surface area contributed by atoms with Crippen molar-refractivity contribution >= 4 is 34.8 Å². The number of rotatable bonds is 7. The highest BCUT2D eigenvalue weighted by Crippen LogP contribution is 2.29. The van der Waals surface area contributed by atoms with E-state index in [-0.39, 0.29) is 11.7 Å². The normalized spacial score (nSPS) is 12.6. The fourth-order valence-corrected chi connectivity index (χ4v) is 3.91. The number of hydrogen-bond acceptors (Lipinski definition) is 6. The maximum absolute atomic E-state index is 11.8. The number of aryl methyl sites for hydroxylation is 1. The number of ketones is 1. The molecule has 1 amide bonds. The van der Waals surface area contributed by atoms with Gasteiger partial charge in [-0.25, -0.2) is 4.98 Å². The zero-order chi connectivity index (χ0) is 23.4. The number of amides is 1. The van der Waals surface area contributed by atoms with Crippen molar-refractivity contribution in [1.82, 2.24) is 14.9 Å². The summed E-state index contributed by atoms with van der Waals surface area (Å²) in [5, 5.41) is 6.69. The highest BCUT2D eigenvalue weighted by molar-refractivity contribution is 5.91. The summed E-state index contributed by atoms with van der Waals surface area (Å²) in [7, 11) is 0. The molecule has 1 aromatic heterocycles. The van der Waals surface area contributed by atoms with E-state index in [0.29, 0.717) is 31.3 Å².